The molecule has 2 saturated carbocycles. The van der Waals surface area contributed by atoms with Crippen LogP contribution in [0.15, 0.2) is 48.8 Å². The Labute approximate surface area is 188 Å². The lowest BCUT2D eigenvalue weighted by atomic mass is 9.88. The van der Waals surface area contributed by atoms with Crippen molar-refractivity contribution in [2.24, 2.45) is 17.8 Å². The lowest BCUT2D eigenvalue weighted by Crippen LogP contribution is -2.41. The second-order valence-electron chi connectivity index (χ2n) is 8.86. The first-order chi connectivity index (χ1) is 15.3. The van der Waals surface area contributed by atoms with Gasteiger partial charge < -0.3 is 5.32 Å². The van der Waals surface area contributed by atoms with Gasteiger partial charge in [-0.1, -0.05) is 11.6 Å². The molecule has 32 heavy (non-hydrogen) atoms. The van der Waals surface area contributed by atoms with Crippen LogP contribution in [-0.4, -0.2) is 21.8 Å². The quantitative estimate of drug-likeness (QED) is 0.504. The van der Waals surface area contributed by atoms with Gasteiger partial charge in [0, 0.05) is 23.7 Å². The van der Waals surface area contributed by atoms with Crippen molar-refractivity contribution in [1.82, 2.24) is 9.97 Å². The van der Waals surface area contributed by atoms with Gasteiger partial charge in [-0.2, -0.15) is 8.78 Å². The molecule has 0 spiro atoms. The topological polar surface area (TPSA) is 54.9 Å². The van der Waals surface area contributed by atoms with Gasteiger partial charge in [0.25, 0.3) is 5.91 Å². The first kappa shape index (κ1) is 21.2. The molecule has 2 aliphatic carbocycles. The number of hydrogen-bond acceptors (Lipinski definition) is 3. The van der Waals surface area contributed by atoms with E-state index in [-0.39, 0.29) is 29.4 Å². The molecule has 3 aromatic rings. The number of aromatic nitrogens is 2. The van der Waals surface area contributed by atoms with E-state index in [0.717, 1.165) is 29.3 Å². The van der Waals surface area contributed by atoms with E-state index in [1.54, 1.807) is 12.3 Å². The van der Waals surface area contributed by atoms with Gasteiger partial charge in [0.15, 0.2) is 0 Å². The van der Waals surface area contributed by atoms with Gasteiger partial charge in [-0.3, -0.25) is 9.78 Å². The van der Waals surface area contributed by atoms with Gasteiger partial charge in [-0.25, -0.2) is 9.37 Å². The summed E-state index contributed by atoms with van der Waals surface area (Å²) >= 11 is 5.75. The Balaban J connectivity index is 1.28. The number of halogens is 4. The zero-order valence-electron chi connectivity index (χ0n) is 17.1. The van der Waals surface area contributed by atoms with E-state index < -0.39 is 17.7 Å². The van der Waals surface area contributed by atoms with Crippen LogP contribution >= 0.6 is 11.6 Å². The number of alkyl halides is 2. The molecule has 0 aliphatic heterocycles. The molecule has 0 saturated heterocycles. The predicted octanol–water partition coefficient (Wildman–Crippen LogP) is 6.22. The molecule has 1 aromatic carbocycles. The van der Waals surface area contributed by atoms with E-state index in [0.29, 0.717) is 17.9 Å². The van der Waals surface area contributed by atoms with Crippen LogP contribution in [0.3, 0.4) is 0 Å². The smallest absolute Gasteiger partial charge is 0.305 e. The van der Waals surface area contributed by atoms with E-state index >= 15 is 0 Å². The number of carbonyl (C=O) groups is 1. The van der Waals surface area contributed by atoms with Crippen molar-refractivity contribution in [2.45, 2.75) is 37.5 Å². The second-order valence-corrected chi connectivity index (χ2v) is 9.29. The largest absolute Gasteiger partial charge is 0.327 e. The normalized spacial score (nSPS) is 25.1. The van der Waals surface area contributed by atoms with E-state index in [4.69, 9.17) is 11.6 Å². The molecule has 8 heteroatoms. The highest BCUT2D eigenvalue weighted by atomic mass is 35.5. The van der Waals surface area contributed by atoms with E-state index in [1.807, 2.05) is 6.07 Å². The highest BCUT2D eigenvalue weighted by Gasteiger charge is 2.54. The van der Waals surface area contributed by atoms with Crippen molar-refractivity contribution in [2.75, 3.05) is 5.32 Å². The summed E-state index contributed by atoms with van der Waals surface area (Å²) < 4.78 is 43.7. The van der Waals surface area contributed by atoms with E-state index in [9.17, 15) is 18.0 Å². The Morgan fingerprint density at radius 2 is 1.78 bits per heavy atom. The average molecular weight is 460 g/mol. The van der Waals surface area contributed by atoms with E-state index in [2.05, 4.69) is 15.3 Å². The van der Waals surface area contributed by atoms with Crippen LogP contribution in [-0.2, 0) is 4.79 Å². The van der Waals surface area contributed by atoms with Crippen LogP contribution in [0.25, 0.3) is 10.9 Å². The summed E-state index contributed by atoms with van der Waals surface area (Å²) in [6, 6.07) is 9.34. The molecule has 2 heterocycles. The van der Waals surface area contributed by atoms with Crippen LogP contribution in [0, 0.1) is 23.6 Å². The van der Waals surface area contributed by atoms with Crippen molar-refractivity contribution in [3.05, 3.63) is 65.2 Å². The fourth-order valence-corrected chi connectivity index (χ4v) is 5.61. The minimum absolute atomic E-state index is 0.0501. The fraction of sp³-hybridized carbons (Fsp3) is 0.375. The third-order valence-electron chi connectivity index (χ3n) is 6.98. The van der Waals surface area contributed by atoms with Gasteiger partial charge in [0.1, 0.15) is 11.6 Å². The van der Waals surface area contributed by atoms with Crippen LogP contribution in [0.5, 0.6) is 0 Å². The predicted molar refractivity (Wildman–Crippen MR) is 116 cm³/mol. The summed E-state index contributed by atoms with van der Waals surface area (Å²) in [5.74, 6) is -5.66. The Bertz CT molecular complexity index is 1160. The fourth-order valence-electron chi connectivity index (χ4n) is 5.50. The number of pyridine rings is 2. The zero-order chi connectivity index (χ0) is 22.5. The number of benzene rings is 1. The Hall–Kier alpha value is -2.67. The molecule has 2 fully saturated rings. The SMILES string of the molecule is O=C(Nc1ccc(Cl)cn1)C(F)(F)[C@H]1C[C@H]2C[C@@H](c3ccnc4ccc(F)cc34)C[C@H]2C1. The molecule has 1 amide bonds. The first-order valence-electron chi connectivity index (χ1n) is 10.7. The third-order valence-corrected chi connectivity index (χ3v) is 7.20. The van der Waals surface area contributed by atoms with Crippen molar-refractivity contribution in [3.63, 3.8) is 0 Å². The number of carbonyl (C=O) groups excluding carboxylic acids is 1. The number of anilines is 1. The maximum Gasteiger partial charge on any atom is 0.327 e. The lowest BCUT2D eigenvalue weighted by molar-refractivity contribution is -0.148. The lowest BCUT2D eigenvalue weighted by Gasteiger charge is -2.24. The van der Waals surface area contributed by atoms with Crippen LogP contribution in [0.4, 0.5) is 19.0 Å². The Morgan fingerprint density at radius 3 is 2.47 bits per heavy atom. The molecule has 5 rings (SSSR count). The van der Waals surface area contributed by atoms with Crippen LogP contribution in [0.2, 0.25) is 5.02 Å². The molecule has 1 N–H and O–H groups in total. The summed E-state index contributed by atoms with van der Waals surface area (Å²) in [6.07, 6.45) is 5.13. The summed E-state index contributed by atoms with van der Waals surface area (Å²) in [5.41, 5.74) is 1.76. The maximum atomic E-state index is 15.0. The number of fused-ring (bicyclic) bond motifs is 2. The molecule has 2 aliphatic rings. The van der Waals surface area contributed by atoms with Crippen molar-refractivity contribution >= 4 is 34.2 Å². The monoisotopic (exact) mass is 459 g/mol. The Kier molecular flexibility index (Phi) is 5.32. The minimum Gasteiger partial charge on any atom is -0.305 e. The summed E-state index contributed by atoms with van der Waals surface area (Å²) in [5, 5.41) is 3.36. The Morgan fingerprint density at radius 1 is 1.03 bits per heavy atom. The molecule has 2 aromatic heterocycles. The maximum absolute atomic E-state index is 15.0. The number of amides is 1. The zero-order valence-corrected chi connectivity index (χ0v) is 17.8. The molecule has 166 valence electrons. The number of rotatable bonds is 4. The summed E-state index contributed by atoms with van der Waals surface area (Å²) in [4.78, 5) is 20.5. The highest BCUT2D eigenvalue weighted by molar-refractivity contribution is 6.30. The van der Waals surface area contributed by atoms with Gasteiger partial charge in [0.05, 0.1) is 10.5 Å². The average Bonchev–Trinajstić information content (AvgIpc) is 3.34. The molecule has 4 atom stereocenters. The van der Waals surface area contributed by atoms with E-state index in [1.165, 1.54) is 30.5 Å². The number of nitrogens with zero attached hydrogens (tertiary/aromatic N) is 2. The number of nitrogens with one attached hydrogen (secondary N) is 1. The highest BCUT2D eigenvalue weighted by Crippen LogP contribution is 2.56. The molecular formula is C24H21ClF3N3O. The minimum atomic E-state index is -3.48. The van der Waals surface area contributed by atoms with Gasteiger partial charge in [0.2, 0.25) is 0 Å². The molecule has 0 radical (unpaired) electrons. The van der Waals surface area contributed by atoms with Gasteiger partial charge in [-0.05, 0) is 85.4 Å². The second kappa shape index (κ2) is 8.03. The van der Waals surface area contributed by atoms with Crippen molar-refractivity contribution in [1.29, 1.82) is 0 Å². The van der Waals surface area contributed by atoms with Crippen molar-refractivity contribution in [3.8, 4) is 0 Å². The molecule has 0 unspecified atom stereocenters. The van der Waals surface area contributed by atoms with Crippen LogP contribution < -0.4 is 5.32 Å². The van der Waals surface area contributed by atoms with Gasteiger partial charge in [-0.15, -0.1) is 0 Å². The molecular weight excluding hydrogens is 439 g/mol. The standard InChI is InChI=1S/C24H21ClF3N3O/c25-17-1-4-22(30-12-17)31-23(32)24(27,28)16-9-13-7-15(8-14(13)10-16)19-5-6-29-21-3-2-18(26)11-20(19)21/h1-6,11-16H,7-10H2,(H,30,31,32)/t13-,14+,15-,16+. The first-order valence-corrected chi connectivity index (χ1v) is 11.0. The molecule has 0 bridgehead atoms. The molecule has 4 nitrogen and oxygen atoms in total. The number of hydrogen-bond donors (Lipinski definition) is 1. The third kappa shape index (κ3) is 3.83. The summed E-state index contributed by atoms with van der Waals surface area (Å²) in [7, 11) is 0. The van der Waals surface area contributed by atoms with Gasteiger partial charge >= 0.3 is 5.92 Å². The van der Waals surface area contributed by atoms with Crippen LogP contribution in [0.1, 0.15) is 37.2 Å². The summed E-state index contributed by atoms with van der Waals surface area (Å²) in [6.45, 7) is 0. The van der Waals surface area contributed by atoms with Crippen molar-refractivity contribution < 1.29 is 18.0 Å².